The van der Waals surface area contributed by atoms with E-state index in [1.165, 1.54) is 4.90 Å². The molecule has 0 bridgehead atoms. The van der Waals surface area contributed by atoms with Gasteiger partial charge in [-0.05, 0) is 29.9 Å². The van der Waals surface area contributed by atoms with Crippen molar-refractivity contribution in [2.24, 2.45) is 5.92 Å². The molecule has 2 heterocycles. The van der Waals surface area contributed by atoms with Crippen molar-refractivity contribution in [2.45, 2.75) is 71.0 Å². The first-order chi connectivity index (χ1) is 14.8. The third-order valence-electron chi connectivity index (χ3n) is 6.36. The van der Waals surface area contributed by atoms with E-state index < -0.39 is 18.1 Å². The molecule has 2 aliphatic rings. The Bertz CT molecular complexity index is 812. The van der Waals surface area contributed by atoms with Crippen molar-refractivity contribution in [3.05, 3.63) is 35.4 Å². The van der Waals surface area contributed by atoms with Crippen LogP contribution in [0.15, 0.2) is 24.3 Å². The van der Waals surface area contributed by atoms with Crippen LogP contribution in [0.3, 0.4) is 0 Å². The number of urea groups is 1. The minimum Gasteiger partial charge on any atom is -0.480 e. The van der Waals surface area contributed by atoms with Crippen molar-refractivity contribution in [2.75, 3.05) is 6.54 Å². The molecule has 3 rings (SSSR count). The van der Waals surface area contributed by atoms with Crippen molar-refractivity contribution in [3.63, 3.8) is 0 Å². The van der Waals surface area contributed by atoms with E-state index >= 15 is 0 Å². The number of unbranched alkanes of at least 4 members (excludes halogenated alkanes) is 2. The maximum atomic E-state index is 12.8. The molecule has 31 heavy (non-hydrogen) atoms. The summed E-state index contributed by atoms with van der Waals surface area (Å²) >= 11 is 0. The van der Waals surface area contributed by atoms with E-state index in [0.717, 1.165) is 11.1 Å². The molecule has 0 spiro atoms. The minimum atomic E-state index is -1.02. The number of imide groups is 1. The molecule has 3 atom stereocenters. The van der Waals surface area contributed by atoms with Gasteiger partial charge >= 0.3 is 12.0 Å². The van der Waals surface area contributed by atoms with Crippen LogP contribution in [0.1, 0.15) is 57.1 Å². The minimum absolute atomic E-state index is 0.140. The van der Waals surface area contributed by atoms with E-state index in [9.17, 15) is 24.3 Å². The van der Waals surface area contributed by atoms with Crippen LogP contribution >= 0.6 is 0 Å². The Morgan fingerprint density at radius 3 is 2.55 bits per heavy atom. The molecule has 0 unspecified atom stereocenters. The van der Waals surface area contributed by atoms with Crippen LogP contribution in [0.5, 0.6) is 0 Å². The topological polar surface area (TPSA) is 107 Å². The Balaban J connectivity index is 1.42. The molecule has 1 aromatic carbocycles. The monoisotopic (exact) mass is 429 g/mol. The molecule has 0 saturated carbocycles. The first kappa shape index (κ1) is 22.8. The fourth-order valence-electron chi connectivity index (χ4n) is 4.24. The van der Waals surface area contributed by atoms with Crippen LogP contribution in [0, 0.1) is 5.92 Å². The summed E-state index contributed by atoms with van der Waals surface area (Å²) in [5.41, 5.74) is 2.21. The molecule has 4 amide bonds. The number of benzene rings is 1. The standard InChI is InChI=1S/C23H31N3O5/c1-3-15(2)20(22(29)30)24-19(27)11-5-4-8-12-25-21(28)18-13-16-9-6-7-10-17(16)14-26(18)23(25)31/h6-7,9-10,15,18,20H,3-5,8,11-14H2,1-2H3,(H,24,27)(H,29,30)/t15-,18+,20-/m0/s1. The number of rotatable bonds is 10. The summed E-state index contributed by atoms with van der Waals surface area (Å²) in [7, 11) is 0. The molecule has 2 aliphatic heterocycles. The van der Waals surface area contributed by atoms with Gasteiger partial charge in [0.25, 0.3) is 5.91 Å². The van der Waals surface area contributed by atoms with E-state index in [4.69, 9.17) is 0 Å². The van der Waals surface area contributed by atoms with Gasteiger partial charge in [-0.15, -0.1) is 0 Å². The number of nitrogens with zero attached hydrogens (tertiary/aromatic N) is 2. The summed E-state index contributed by atoms with van der Waals surface area (Å²) in [6.45, 7) is 4.49. The molecule has 1 fully saturated rings. The number of hydrogen-bond donors (Lipinski definition) is 2. The fraction of sp³-hybridized carbons (Fsp3) is 0.565. The Kier molecular flexibility index (Phi) is 7.30. The number of hydrogen-bond acceptors (Lipinski definition) is 4. The first-order valence-electron chi connectivity index (χ1n) is 11.0. The third-order valence-corrected chi connectivity index (χ3v) is 6.36. The Hall–Kier alpha value is -2.90. The van der Waals surface area contributed by atoms with Crippen LogP contribution in [0.2, 0.25) is 0 Å². The van der Waals surface area contributed by atoms with E-state index in [1.807, 2.05) is 31.2 Å². The first-order valence-corrected chi connectivity index (χ1v) is 11.0. The maximum Gasteiger partial charge on any atom is 0.327 e. The average Bonchev–Trinajstić information content (AvgIpc) is 2.99. The lowest BCUT2D eigenvalue weighted by Gasteiger charge is -2.28. The Labute approximate surface area is 182 Å². The van der Waals surface area contributed by atoms with Crippen LogP contribution in [-0.4, -0.2) is 57.3 Å². The lowest BCUT2D eigenvalue weighted by Crippen LogP contribution is -2.44. The summed E-state index contributed by atoms with van der Waals surface area (Å²) in [5, 5.41) is 11.9. The highest BCUT2D eigenvalue weighted by Gasteiger charge is 2.46. The summed E-state index contributed by atoms with van der Waals surface area (Å²) < 4.78 is 0. The SMILES string of the molecule is CC[C@H](C)[C@H](NC(=O)CCCCCN1C(=O)[C@H]2Cc3ccccc3CN2C1=O)C(=O)O. The number of aliphatic carboxylic acids is 1. The molecule has 0 aromatic heterocycles. The molecule has 8 nitrogen and oxygen atoms in total. The second-order valence-electron chi connectivity index (χ2n) is 8.47. The highest BCUT2D eigenvalue weighted by Crippen LogP contribution is 2.30. The number of fused-ring (bicyclic) bond motifs is 2. The van der Waals surface area contributed by atoms with Crippen LogP contribution < -0.4 is 5.32 Å². The molecule has 2 N–H and O–H groups in total. The predicted octanol–water partition coefficient (Wildman–Crippen LogP) is 2.55. The highest BCUT2D eigenvalue weighted by atomic mass is 16.4. The zero-order valence-electron chi connectivity index (χ0n) is 18.2. The van der Waals surface area contributed by atoms with Crippen LogP contribution in [0.4, 0.5) is 4.79 Å². The molecule has 0 radical (unpaired) electrons. The second kappa shape index (κ2) is 9.94. The summed E-state index contributed by atoms with van der Waals surface area (Å²) in [4.78, 5) is 51.9. The average molecular weight is 430 g/mol. The van der Waals surface area contributed by atoms with Crippen molar-refractivity contribution in [1.82, 2.24) is 15.1 Å². The molecular weight excluding hydrogens is 398 g/mol. The van der Waals surface area contributed by atoms with E-state index in [0.29, 0.717) is 45.2 Å². The van der Waals surface area contributed by atoms with E-state index in [1.54, 1.807) is 11.8 Å². The number of amides is 4. The zero-order chi connectivity index (χ0) is 22.5. The van der Waals surface area contributed by atoms with Gasteiger partial charge < -0.3 is 15.3 Å². The molecule has 8 heteroatoms. The molecular formula is C23H31N3O5. The van der Waals surface area contributed by atoms with Gasteiger partial charge in [-0.25, -0.2) is 9.59 Å². The number of carboxylic acid groups (broad SMARTS) is 1. The van der Waals surface area contributed by atoms with E-state index in [2.05, 4.69) is 5.32 Å². The lowest BCUT2D eigenvalue weighted by atomic mass is 9.95. The Morgan fingerprint density at radius 1 is 1.16 bits per heavy atom. The smallest absolute Gasteiger partial charge is 0.327 e. The Morgan fingerprint density at radius 2 is 1.87 bits per heavy atom. The van der Waals surface area contributed by atoms with Crippen LogP contribution in [-0.2, 0) is 27.3 Å². The molecule has 1 saturated heterocycles. The summed E-state index contributed by atoms with van der Waals surface area (Å²) in [5.74, 6) is -1.59. The normalized spacial score (nSPS) is 19.6. The third kappa shape index (κ3) is 5.06. The highest BCUT2D eigenvalue weighted by molar-refractivity contribution is 6.04. The predicted molar refractivity (Wildman–Crippen MR) is 114 cm³/mol. The van der Waals surface area contributed by atoms with Gasteiger partial charge in [-0.1, -0.05) is 51.0 Å². The van der Waals surface area contributed by atoms with Crippen molar-refractivity contribution >= 4 is 23.8 Å². The van der Waals surface area contributed by atoms with Gasteiger partial charge in [-0.2, -0.15) is 0 Å². The van der Waals surface area contributed by atoms with Gasteiger partial charge in [0, 0.05) is 25.9 Å². The maximum absolute atomic E-state index is 12.8. The van der Waals surface area contributed by atoms with Gasteiger partial charge in [0.15, 0.2) is 0 Å². The van der Waals surface area contributed by atoms with Gasteiger partial charge in [0.05, 0.1) is 0 Å². The number of nitrogens with one attached hydrogen (secondary N) is 1. The molecule has 1 aromatic rings. The number of carbonyl (C=O) groups excluding carboxylic acids is 3. The zero-order valence-corrected chi connectivity index (χ0v) is 18.2. The van der Waals surface area contributed by atoms with Crippen molar-refractivity contribution in [3.8, 4) is 0 Å². The molecule has 168 valence electrons. The summed E-state index contributed by atoms with van der Waals surface area (Å²) in [6, 6.07) is 6.37. The van der Waals surface area contributed by atoms with E-state index in [-0.39, 0.29) is 30.2 Å². The van der Waals surface area contributed by atoms with Crippen molar-refractivity contribution < 1.29 is 24.3 Å². The quantitative estimate of drug-likeness (QED) is 0.439. The fourth-order valence-corrected chi connectivity index (χ4v) is 4.24. The number of carbonyl (C=O) groups is 4. The van der Waals surface area contributed by atoms with Crippen molar-refractivity contribution in [1.29, 1.82) is 0 Å². The number of carboxylic acids is 1. The largest absolute Gasteiger partial charge is 0.480 e. The van der Waals surface area contributed by atoms with Gasteiger partial charge in [0.2, 0.25) is 5.91 Å². The second-order valence-corrected chi connectivity index (χ2v) is 8.47. The lowest BCUT2D eigenvalue weighted by molar-refractivity contribution is -0.143. The van der Waals surface area contributed by atoms with Crippen LogP contribution in [0.25, 0.3) is 0 Å². The molecule has 0 aliphatic carbocycles. The van der Waals surface area contributed by atoms with Gasteiger partial charge in [-0.3, -0.25) is 14.5 Å². The summed E-state index contributed by atoms with van der Waals surface area (Å²) in [6.07, 6.45) is 3.32. The van der Waals surface area contributed by atoms with Gasteiger partial charge in [0.1, 0.15) is 12.1 Å².